The van der Waals surface area contributed by atoms with Crippen LogP contribution in [0.5, 0.6) is 0 Å². The Morgan fingerprint density at radius 2 is 2.14 bits per heavy atom. The number of likely N-dealkylation sites (tertiary alicyclic amines) is 1. The topological polar surface area (TPSA) is 45.2 Å². The van der Waals surface area contributed by atoms with Gasteiger partial charge in [0.05, 0.1) is 10.7 Å². The maximum atomic E-state index is 12.7. The number of hydrogen-bond acceptors (Lipinski definition) is 4. The first-order valence-corrected chi connectivity index (χ1v) is 8.92. The van der Waals surface area contributed by atoms with Gasteiger partial charge in [-0.1, -0.05) is 12.8 Å². The third kappa shape index (κ3) is 3.14. The number of carbonyl (C=O) groups excluding carboxylic acids is 1. The summed E-state index contributed by atoms with van der Waals surface area (Å²) < 4.78 is 0. The van der Waals surface area contributed by atoms with E-state index in [2.05, 4.69) is 5.32 Å². The van der Waals surface area contributed by atoms with Gasteiger partial charge in [-0.15, -0.1) is 11.3 Å². The van der Waals surface area contributed by atoms with Crippen LogP contribution in [0.3, 0.4) is 0 Å². The summed E-state index contributed by atoms with van der Waals surface area (Å²) in [6.07, 6.45) is 6.22. The van der Waals surface area contributed by atoms with Gasteiger partial charge < -0.3 is 10.2 Å². The minimum absolute atomic E-state index is 0.202. The van der Waals surface area contributed by atoms with Gasteiger partial charge in [-0.3, -0.25) is 4.79 Å². The Bertz CT molecular complexity index is 508. The fourth-order valence-corrected chi connectivity index (χ4v) is 4.78. The molecule has 1 aromatic heterocycles. The maximum Gasteiger partial charge on any atom is 0.265 e. The van der Waals surface area contributed by atoms with E-state index < -0.39 is 0 Å². The maximum absolute atomic E-state index is 12.7. The molecule has 0 radical (unpaired) electrons. The molecule has 5 heteroatoms. The lowest BCUT2D eigenvalue weighted by Gasteiger charge is -2.15. The van der Waals surface area contributed by atoms with Crippen molar-refractivity contribution in [2.24, 2.45) is 5.92 Å². The van der Waals surface area contributed by atoms with E-state index in [9.17, 15) is 4.79 Å². The predicted molar refractivity (Wildman–Crippen MR) is 86.0 cm³/mol. The molecule has 1 saturated carbocycles. The van der Waals surface area contributed by atoms with Gasteiger partial charge in [-0.05, 0) is 45.7 Å². The summed E-state index contributed by atoms with van der Waals surface area (Å²) in [6, 6.07) is 0. The molecule has 1 saturated heterocycles. The SMILES string of the molecule is CNC[C@@H]1CCN(C(=O)c2sc(C3CCCC3)nc2C)C1. The molecule has 1 aliphatic carbocycles. The number of hydrogen-bond donors (Lipinski definition) is 1. The van der Waals surface area contributed by atoms with Gasteiger partial charge in [-0.25, -0.2) is 4.98 Å². The lowest BCUT2D eigenvalue weighted by molar-refractivity contribution is 0.0791. The van der Waals surface area contributed by atoms with Gasteiger partial charge in [0.25, 0.3) is 5.91 Å². The Balaban J connectivity index is 1.70. The average molecular weight is 307 g/mol. The molecule has 1 N–H and O–H groups in total. The molecule has 1 aromatic rings. The van der Waals surface area contributed by atoms with Gasteiger partial charge >= 0.3 is 0 Å². The van der Waals surface area contributed by atoms with Crippen LogP contribution in [0.2, 0.25) is 0 Å². The van der Waals surface area contributed by atoms with Gasteiger partial charge in [0.1, 0.15) is 4.88 Å². The molecule has 0 unspecified atom stereocenters. The van der Waals surface area contributed by atoms with E-state index in [1.54, 1.807) is 11.3 Å². The summed E-state index contributed by atoms with van der Waals surface area (Å²) in [5, 5.41) is 4.41. The minimum atomic E-state index is 0.202. The zero-order valence-electron chi connectivity index (χ0n) is 13.0. The van der Waals surface area contributed by atoms with E-state index in [0.717, 1.165) is 36.6 Å². The van der Waals surface area contributed by atoms with Crippen molar-refractivity contribution in [3.8, 4) is 0 Å². The second kappa shape index (κ2) is 6.44. The van der Waals surface area contributed by atoms with E-state index in [4.69, 9.17) is 4.98 Å². The van der Waals surface area contributed by atoms with Gasteiger partial charge in [0.2, 0.25) is 0 Å². The number of rotatable bonds is 4. The zero-order chi connectivity index (χ0) is 14.8. The zero-order valence-corrected chi connectivity index (χ0v) is 13.8. The third-order valence-electron chi connectivity index (χ3n) is 4.78. The molecule has 0 spiro atoms. The second-order valence-corrected chi connectivity index (χ2v) is 7.44. The first-order valence-electron chi connectivity index (χ1n) is 8.10. The number of aromatic nitrogens is 1. The molecular weight excluding hydrogens is 282 g/mol. The van der Waals surface area contributed by atoms with E-state index >= 15 is 0 Å². The molecular formula is C16H25N3OS. The van der Waals surface area contributed by atoms with Crippen molar-refractivity contribution in [1.82, 2.24) is 15.2 Å². The number of nitrogens with zero attached hydrogens (tertiary/aromatic N) is 2. The van der Waals surface area contributed by atoms with Gasteiger partial charge in [0, 0.05) is 19.0 Å². The van der Waals surface area contributed by atoms with Crippen LogP contribution in [0, 0.1) is 12.8 Å². The number of aryl methyl sites for hydroxylation is 1. The highest BCUT2D eigenvalue weighted by molar-refractivity contribution is 7.13. The highest BCUT2D eigenvalue weighted by Gasteiger charge is 2.30. The molecule has 116 valence electrons. The van der Waals surface area contributed by atoms with Crippen molar-refractivity contribution in [2.45, 2.75) is 44.9 Å². The molecule has 0 bridgehead atoms. The quantitative estimate of drug-likeness (QED) is 0.930. The molecule has 4 nitrogen and oxygen atoms in total. The number of carbonyl (C=O) groups is 1. The van der Waals surface area contributed by atoms with Crippen molar-refractivity contribution >= 4 is 17.2 Å². The van der Waals surface area contributed by atoms with E-state index in [-0.39, 0.29) is 5.91 Å². The molecule has 2 fully saturated rings. The number of nitrogens with one attached hydrogen (secondary N) is 1. The highest BCUT2D eigenvalue weighted by Crippen LogP contribution is 2.37. The monoisotopic (exact) mass is 307 g/mol. The largest absolute Gasteiger partial charge is 0.338 e. The second-order valence-electron chi connectivity index (χ2n) is 6.41. The smallest absolute Gasteiger partial charge is 0.265 e. The summed E-state index contributed by atoms with van der Waals surface area (Å²) >= 11 is 1.65. The standard InChI is InChI=1S/C16H25N3OS/c1-11-14(21-15(18-11)13-5-3-4-6-13)16(20)19-8-7-12(10-19)9-17-2/h12-13,17H,3-10H2,1-2H3/t12-/m0/s1. The van der Waals surface area contributed by atoms with Crippen molar-refractivity contribution in [1.29, 1.82) is 0 Å². The van der Waals surface area contributed by atoms with E-state index in [1.165, 1.54) is 30.7 Å². The Hall–Kier alpha value is -0.940. The van der Waals surface area contributed by atoms with Crippen LogP contribution in [-0.4, -0.2) is 42.5 Å². The first kappa shape index (κ1) is 15.0. The normalized spacial score (nSPS) is 23.1. The Morgan fingerprint density at radius 3 is 2.86 bits per heavy atom. The van der Waals surface area contributed by atoms with Crippen molar-refractivity contribution < 1.29 is 4.79 Å². The van der Waals surface area contributed by atoms with Crippen LogP contribution in [0.25, 0.3) is 0 Å². The molecule has 1 aliphatic heterocycles. The fraction of sp³-hybridized carbons (Fsp3) is 0.750. The van der Waals surface area contributed by atoms with E-state index in [0.29, 0.717) is 11.8 Å². The lowest BCUT2D eigenvalue weighted by atomic mass is 10.1. The summed E-state index contributed by atoms with van der Waals surface area (Å²) in [7, 11) is 1.98. The van der Waals surface area contributed by atoms with Crippen LogP contribution < -0.4 is 5.32 Å². The van der Waals surface area contributed by atoms with Gasteiger partial charge in [0.15, 0.2) is 0 Å². The van der Waals surface area contributed by atoms with Crippen LogP contribution in [0.1, 0.15) is 58.4 Å². The predicted octanol–water partition coefficient (Wildman–Crippen LogP) is 2.79. The fourth-order valence-electron chi connectivity index (χ4n) is 3.58. The van der Waals surface area contributed by atoms with Gasteiger partial charge in [-0.2, -0.15) is 0 Å². The molecule has 21 heavy (non-hydrogen) atoms. The van der Waals surface area contributed by atoms with Crippen LogP contribution in [0.15, 0.2) is 0 Å². The molecule has 2 aliphatic rings. The Labute approximate surface area is 130 Å². The van der Waals surface area contributed by atoms with Crippen molar-refractivity contribution in [3.05, 3.63) is 15.6 Å². The lowest BCUT2D eigenvalue weighted by Crippen LogP contribution is -2.30. The average Bonchev–Trinajstić information content (AvgIpc) is 3.17. The Morgan fingerprint density at radius 1 is 1.38 bits per heavy atom. The molecule has 3 rings (SSSR count). The minimum Gasteiger partial charge on any atom is -0.338 e. The summed E-state index contributed by atoms with van der Waals surface area (Å²) in [5.74, 6) is 1.40. The first-order chi connectivity index (χ1) is 10.2. The van der Waals surface area contributed by atoms with Crippen LogP contribution >= 0.6 is 11.3 Å². The number of thiazole rings is 1. The number of amides is 1. The van der Waals surface area contributed by atoms with Crippen LogP contribution in [0.4, 0.5) is 0 Å². The summed E-state index contributed by atoms with van der Waals surface area (Å²) in [5.41, 5.74) is 0.934. The van der Waals surface area contributed by atoms with Crippen molar-refractivity contribution in [3.63, 3.8) is 0 Å². The van der Waals surface area contributed by atoms with Crippen molar-refractivity contribution in [2.75, 3.05) is 26.7 Å². The molecule has 1 atom stereocenters. The van der Waals surface area contributed by atoms with E-state index in [1.807, 2.05) is 18.9 Å². The molecule has 2 heterocycles. The highest BCUT2D eigenvalue weighted by atomic mass is 32.1. The summed E-state index contributed by atoms with van der Waals surface area (Å²) in [6.45, 7) is 4.76. The third-order valence-corrected chi connectivity index (χ3v) is 6.09. The summed E-state index contributed by atoms with van der Waals surface area (Å²) in [4.78, 5) is 20.3. The molecule has 1 amide bonds. The van der Waals surface area contributed by atoms with Crippen LogP contribution in [-0.2, 0) is 0 Å². The Kier molecular flexibility index (Phi) is 4.60. The molecule has 0 aromatic carbocycles.